The molecule has 1 aliphatic heterocycles. The smallest absolute Gasteiger partial charge is 0.232 e. The molecular weight excluding hydrogens is 428 g/mol. The van der Waals surface area contributed by atoms with Gasteiger partial charge in [0, 0.05) is 32.1 Å². The zero-order valence-corrected chi connectivity index (χ0v) is 18.7. The normalized spacial score (nSPS) is 16.2. The summed E-state index contributed by atoms with van der Waals surface area (Å²) in [7, 11) is 0. The summed E-state index contributed by atoms with van der Waals surface area (Å²) in [5.74, 6) is -2.53. The molecule has 9 heteroatoms. The molecule has 2 amide bonds. The number of nitrogens with one attached hydrogen (secondary N) is 1. The lowest BCUT2D eigenvalue weighted by Crippen LogP contribution is -2.30. The number of fused-ring (bicyclic) bond motifs is 1. The van der Waals surface area contributed by atoms with Gasteiger partial charge in [-0.3, -0.25) is 14.9 Å². The van der Waals surface area contributed by atoms with Crippen LogP contribution in [0, 0.1) is 17.6 Å². The Bertz CT molecular complexity index is 1170. The summed E-state index contributed by atoms with van der Waals surface area (Å²) in [6.45, 7) is 7.52. The monoisotopic (exact) mass is 455 g/mol. The molecule has 4 rings (SSSR count). The number of likely N-dealkylation sites (N-methyl/N-ethyl adjacent to an activating group) is 1. The van der Waals surface area contributed by atoms with Crippen LogP contribution in [0.4, 0.5) is 20.4 Å². The Morgan fingerprint density at radius 3 is 2.67 bits per heavy atom. The number of aromatic nitrogens is 2. The number of para-hydroxylation sites is 2. The van der Waals surface area contributed by atoms with Gasteiger partial charge in [-0.15, -0.1) is 0 Å². The average molecular weight is 456 g/mol. The lowest BCUT2D eigenvalue weighted by atomic mass is 10.1. The van der Waals surface area contributed by atoms with Gasteiger partial charge < -0.3 is 14.4 Å². The summed E-state index contributed by atoms with van der Waals surface area (Å²) in [6, 6.07) is 10.7. The first-order valence-corrected chi connectivity index (χ1v) is 11.1. The third kappa shape index (κ3) is 4.73. The molecule has 1 unspecified atom stereocenters. The zero-order valence-electron chi connectivity index (χ0n) is 18.7. The number of amides is 2. The molecule has 1 aliphatic rings. The van der Waals surface area contributed by atoms with Crippen molar-refractivity contribution in [1.29, 1.82) is 0 Å². The van der Waals surface area contributed by atoms with E-state index in [0.717, 1.165) is 42.8 Å². The van der Waals surface area contributed by atoms with Crippen molar-refractivity contribution < 1.29 is 18.4 Å². The van der Waals surface area contributed by atoms with Gasteiger partial charge in [0.25, 0.3) is 0 Å². The summed E-state index contributed by atoms with van der Waals surface area (Å²) in [5, 5.41) is 2.88. The van der Waals surface area contributed by atoms with Gasteiger partial charge in [-0.1, -0.05) is 26.0 Å². The van der Waals surface area contributed by atoms with Crippen LogP contribution in [0.25, 0.3) is 11.0 Å². The Kier molecular flexibility index (Phi) is 6.69. The molecular formula is C24H27F2N5O2. The summed E-state index contributed by atoms with van der Waals surface area (Å²) in [5.41, 5.74) is 1.66. The molecule has 1 N–H and O–H groups in total. The van der Waals surface area contributed by atoms with Gasteiger partial charge in [0.2, 0.25) is 17.8 Å². The fourth-order valence-corrected chi connectivity index (χ4v) is 4.21. The second kappa shape index (κ2) is 9.66. The minimum Gasteiger partial charge on any atom is -0.309 e. The number of rotatable bonds is 8. The van der Waals surface area contributed by atoms with Crippen molar-refractivity contribution in [3.8, 4) is 0 Å². The van der Waals surface area contributed by atoms with E-state index in [1.807, 2.05) is 28.8 Å². The van der Waals surface area contributed by atoms with Crippen LogP contribution in [-0.4, -0.2) is 52.4 Å². The van der Waals surface area contributed by atoms with E-state index in [1.54, 1.807) is 0 Å². The molecule has 1 aromatic heterocycles. The molecule has 33 heavy (non-hydrogen) atoms. The summed E-state index contributed by atoms with van der Waals surface area (Å²) < 4.78 is 29.4. The molecule has 1 fully saturated rings. The molecule has 0 saturated carbocycles. The third-order valence-corrected chi connectivity index (χ3v) is 6.12. The van der Waals surface area contributed by atoms with Crippen molar-refractivity contribution in [2.24, 2.45) is 5.92 Å². The fraction of sp³-hybridized carbons (Fsp3) is 0.375. The van der Waals surface area contributed by atoms with Crippen molar-refractivity contribution in [3.63, 3.8) is 0 Å². The number of halogens is 2. The molecule has 7 nitrogen and oxygen atoms in total. The highest BCUT2D eigenvalue weighted by Gasteiger charge is 2.36. The standard InChI is InChI=1S/C24H27F2N5O2/c1-3-29(4-2)11-12-30-21-8-6-5-7-19(21)27-24(30)28-23(33)16-13-22(32)31(15-16)20-10-9-17(25)14-18(20)26/h5-10,14,16H,3-4,11-13,15H2,1-2H3,(H,27,28,33). The van der Waals surface area contributed by atoms with Crippen LogP contribution in [0.5, 0.6) is 0 Å². The molecule has 2 heterocycles. The molecule has 0 spiro atoms. The minimum absolute atomic E-state index is 0.0207. The number of hydrogen-bond acceptors (Lipinski definition) is 4. The largest absolute Gasteiger partial charge is 0.309 e. The molecule has 1 saturated heterocycles. The van der Waals surface area contributed by atoms with Crippen molar-refractivity contribution in [2.45, 2.75) is 26.8 Å². The fourth-order valence-electron chi connectivity index (χ4n) is 4.21. The highest BCUT2D eigenvalue weighted by Crippen LogP contribution is 2.29. The first-order chi connectivity index (χ1) is 15.9. The molecule has 0 aliphatic carbocycles. The topological polar surface area (TPSA) is 70.5 Å². The van der Waals surface area contributed by atoms with E-state index in [1.165, 1.54) is 11.0 Å². The van der Waals surface area contributed by atoms with Crippen molar-refractivity contribution in [2.75, 3.05) is 36.4 Å². The highest BCUT2D eigenvalue weighted by molar-refractivity contribution is 6.03. The van der Waals surface area contributed by atoms with E-state index in [2.05, 4.69) is 29.0 Å². The van der Waals surface area contributed by atoms with Crippen molar-refractivity contribution >= 4 is 34.5 Å². The van der Waals surface area contributed by atoms with Crippen LogP contribution < -0.4 is 10.2 Å². The maximum atomic E-state index is 14.2. The maximum Gasteiger partial charge on any atom is 0.232 e. The summed E-state index contributed by atoms with van der Waals surface area (Å²) >= 11 is 0. The lowest BCUT2D eigenvalue weighted by Gasteiger charge is -2.20. The number of carbonyl (C=O) groups excluding carboxylic acids is 2. The quantitative estimate of drug-likeness (QED) is 0.563. The summed E-state index contributed by atoms with van der Waals surface area (Å²) in [4.78, 5) is 33.6. The van der Waals surface area contributed by atoms with Gasteiger partial charge >= 0.3 is 0 Å². The van der Waals surface area contributed by atoms with Crippen LogP contribution in [-0.2, 0) is 16.1 Å². The third-order valence-electron chi connectivity index (χ3n) is 6.12. The van der Waals surface area contributed by atoms with Crippen LogP contribution in [0.15, 0.2) is 42.5 Å². The van der Waals surface area contributed by atoms with Crippen molar-refractivity contribution in [1.82, 2.24) is 14.5 Å². The Labute approximate surface area is 191 Å². The number of hydrogen-bond donors (Lipinski definition) is 1. The number of imidazole rings is 1. The van der Waals surface area contributed by atoms with Gasteiger partial charge in [-0.2, -0.15) is 0 Å². The van der Waals surface area contributed by atoms with E-state index in [-0.39, 0.29) is 30.5 Å². The first kappa shape index (κ1) is 22.8. The lowest BCUT2D eigenvalue weighted by molar-refractivity contribution is -0.122. The van der Waals surface area contributed by atoms with Gasteiger partial charge in [0.05, 0.1) is 22.6 Å². The van der Waals surface area contributed by atoms with Crippen LogP contribution in [0.3, 0.4) is 0 Å². The SMILES string of the molecule is CCN(CC)CCn1c(NC(=O)C2CC(=O)N(c3ccc(F)cc3F)C2)nc2ccccc21. The number of benzene rings is 2. The van der Waals surface area contributed by atoms with Crippen LogP contribution in [0.2, 0.25) is 0 Å². The van der Waals surface area contributed by atoms with Crippen LogP contribution >= 0.6 is 0 Å². The maximum absolute atomic E-state index is 14.2. The van der Waals surface area contributed by atoms with E-state index < -0.39 is 17.6 Å². The minimum atomic E-state index is -0.831. The second-order valence-corrected chi connectivity index (χ2v) is 8.09. The predicted octanol–water partition coefficient (Wildman–Crippen LogP) is 3.65. The van der Waals surface area contributed by atoms with Gasteiger partial charge in [-0.05, 0) is 37.4 Å². The van der Waals surface area contributed by atoms with Gasteiger partial charge in [0.15, 0.2) is 0 Å². The predicted molar refractivity (Wildman–Crippen MR) is 123 cm³/mol. The zero-order chi connectivity index (χ0) is 23.5. The van der Waals surface area contributed by atoms with Crippen molar-refractivity contribution in [3.05, 3.63) is 54.1 Å². The van der Waals surface area contributed by atoms with Crippen LogP contribution in [0.1, 0.15) is 20.3 Å². The highest BCUT2D eigenvalue weighted by atomic mass is 19.1. The number of nitrogens with zero attached hydrogens (tertiary/aromatic N) is 4. The summed E-state index contributed by atoms with van der Waals surface area (Å²) in [6.07, 6.45) is -0.0532. The van der Waals surface area contributed by atoms with Gasteiger partial charge in [-0.25, -0.2) is 13.8 Å². The Balaban J connectivity index is 1.53. The van der Waals surface area contributed by atoms with E-state index in [4.69, 9.17) is 0 Å². The average Bonchev–Trinajstić information content (AvgIpc) is 3.35. The Morgan fingerprint density at radius 1 is 1.18 bits per heavy atom. The number of carbonyl (C=O) groups is 2. The molecule has 2 aromatic carbocycles. The number of anilines is 2. The molecule has 1 atom stereocenters. The van der Waals surface area contributed by atoms with E-state index in [9.17, 15) is 18.4 Å². The van der Waals surface area contributed by atoms with E-state index >= 15 is 0 Å². The molecule has 174 valence electrons. The van der Waals surface area contributed by atoms with E-state index in [0.29, 0.717) is 12.5 Å². The second-order valence-electron chi connectivity index (χ2n) is 8.09. The Hall–Kier alpha value is -3.33. The molecule has 3 aromatic rings. The van der Waals surface area contributed by atoms with Gasteiger partial charge in [0.1, 0.15) is 11.6 Å². The Morgan fingerprint density at radius 2 is 1.94 bits per heavy atom. The molecule has 0 bridgehead atoms. The molecule has 0 radical (unpaired) electrons. The first-order valence-electron chi connectivity index (χ1n) is 11.1.